The van der Waals surface area contributed by atoms with Crippen molar-refractivity contribution in [2.75, 3.05) is 6.61 Å². The maximum Gasteiger partial charge on any atom is 0.164 e. The van der Waals surface area contributed by atoms with E-state index in [1.165, 1.54) is 17.5 Å². The van der Waals surface area contributed by atoms with E-state index in [-0.39, 0.29) is 12.5 Å². The number of benzene rings is 1. The maximum atomic E-state index is 9.65. The number of thiazole rings is 1. The van der Waals surface area contributed by atoms with Gasteiger partial charge in [0, 0.05) is 17.5 Å². The highest BCUT2D eigenvalue weighted by atomic mass is 32.2. The molecule has 1 atom stereocenters. The van der Waals surface area contributed by atoms with Crippen molar-refractivity contribution in [2.45, 2.75) is 38.0 Å². The minimum absolute atomic E-state index is 0.241. The van der Waals surface area contributed by atoms with Gasteiger partial charge in [-0.25, -0.2) is 4.98 Å². The number of rotatable bonds is 6. The Bertz CT molecular complexity index is 507. The molecular weight excluding hydrogens is 324 g/mol. The molecule has 3 N–H and O–H groups in total. The number of nitrogens with zero attached hydrogens (tertiary/aromatic N) is 1. The summed E-state index contributed by atoms with van der Waals surface area (Å²) in [5.74, 6) is 1.99. The van der Waals surface area contributed by atoms with E-state index >= 15 is 0 Å². The summed E-state index contributed by atoms with van der Waals surface area (Å²) in [6, 6.07) is 10.4. The van der Waals surface area contributed by atoms with E-state index in [9.17, 15) is 5.11 Å². The van der Waals surface area contributed by atoms with Gasteiger partial charge in [-0.3, -0.25) is 5.14 Å². The zero-order valence-electron chi connectivity index (χ0n) is 14.3. The lowest BCUT2D eigenvalue weighted by Gasteiger charge is -2.32. The van der Waals surface area contributed by atoms with Gasteiger partial charge in [-0.1, -0.05) is 58.0 Å². The number of hydrogen-bond acceptors (Lipinski definition) is 5. The van der Waals surface area contributed by atoms with Crippen molar-refractivity contribution in [3.8, 4) is 0 Å². The van der Waals surface area contributed by atoms with Crippen LogP contribution in [0, 0.1) is 17.8 Å². The van der Waals surface area contributed by atoms with E-state index in [0.29, 0.717) is 17.8 Å². The fourth-order valence-corrected chi connectivity index (χ4v) is 3.99. The second kappa shape index (κ2) is 10.8. The van der Waals surface area contributed by atoms with E-state index in [0.717, 1.165) is 4.34 Å². The molecule has 0 saturated heterocycles. The van der Waals surface area contributed by atoms with E-state index in [1.807, 2.05) is 11.4 Å². The normalized spacial score (nSPS) is 12.4. The zero-order chi connectivity index (χ0) is 17.2. The SMILES string of the molecule is CC(C)C(C(C)C)C(CO)c1ccccc1.NSc1nccs1. The summed E-state index contributed by atoms with van der Waals surface area (Å²) in [5, 5.41) is 16.7. The predicted octanol–water partition coefficient (Wildman–Crippen LogP) is 4.80. The Balaban J connectivity index is 0.000000313. The molecule has 1 unspecified atom stereocenters. The Hall–Kier alpha value is -0.880. The number of hydrogen-bond donors (Lipinski definition) is 2. The average Bonchev–Trinajstić information content (AvgIpc) is 3.06. The zero-order valence-corrected chi connectivity index (χ0v) is 16.0. The Morgan fingerprint density at radius 3 is 2.09 bits per heavy atom. The molecule has 0 saturated carbocycles. The van der Waals surface area contributed by atoms with Crippen LogP contribution >= 0.6 is 23.3 Å². The predicted molar refractivity (Wildman–Crippen MR) is 102 cm³/mol. The quantitative estimate of drug-likeness (QED) is 0.733. The second-order valence-corrected chi connectivity index (χ2v) is 7.96. The van der Waals surface area contributed by atoms with Crippen molar-refractivity contribution >= 4 is 23.3 Å². The molecule has 2 rings (SSSR count). The van der Waals surface area contributed by atoms with Gasteiger partial charge < -0.3 is 5.11 Å². The van der Waals surface area contributed by atoms with Gasteiger partial charge in [0.15, 0.2) is 4.34 Å². The molecule has 0 amide bonds. The smallest absolute Gasteiger partial charge is 0.164 e. The lowest BCUT2D eigenvalue weighted by Crippen LogP contribution is -2.26. The number of nitrogens with two attached hydrogens (primary N) is 1. The summed E-state index contributed by atoms with van der Waals surface area (Å²) >= 11 is 2.73. The minimum atomic E-state index is 0.241. The third-order valence-electron chi connectivity index (χ3n) is 3.94. The summed E-state index contributed by atoms with van der Waals surface area (Å²) in [5.41, 5.74) is 1.26. The third-order valence-corrected chi connectivity index (χ3v) is 5.39. The van der Waals surface area contributed by atoms with Gasteiger partial charge in [-0.15, -0.1) is 11.3 Å². The molecule has 23 heavy (non-hydrogen) atoms. The summed E-state index contributed by atoms with van der Waals surface area (Å²) in [6.45, 7) is 9.23. The average molecular weight is 353 g/mol. The molecule has 128 valence electrons. The minimum Gasteiger partial charge on any atom is -0.396 e. The molecule has 0 fully saturated rings. The first-order chi connectivity index (χ1) is 11.0. The Morgan fingerprint density at radius 1 is 1.13 bits per heavy atom. The summed E-state index contributed by atoms with van der Waals surface area (Å²) in [4.78, 5) is 3.89. The second-order valence-electron chi connectivity index (χ2n) is 6.18. The van der Waals surface area contributed by atoms with Crippen LogP contribution in [0.15, 0.2) is 46.2 Å². The number of aromatic nitrogens is 1. The summed E-state index contributed by atoms with van der Waals surface area (Å²) in [7, 11) is 0. The number of aliphatic hydroxyl groups excluding tert-OH is 1. The topological polar surface area (TPSA) is 59.1 Å². The van der Waals surface area contributed by atoms with Crippen LogP contribution < -0.4 is 5.14 Å². The van der Waals surface area contributed by atoms with Gasteiger partial charge in [-0.05, 0) is 35.3 Å². The fraction of sp³-hybridized carbons (Fsp3) is 0.500. The first-order valence-electron chi connectivity index (χ1n) is 7.93. The van der Waals surface area contributed by atoms with Crippen LogP contribution in [0.3, 0.4) is 0 Å². The van der Waals surface area contributed by atoms with Gasteiger partial charge in [0.2, 0.25) is 0 Å². The van der Waals surface area contributed by atoms with Crippen LogP contribution in [0.25, 0.3) is 0 Å². The molecule has 2 aromatic rings. The highest BCUT2D eigenvalue weighted by Gasteiger charge is 2.27. The molecule has 0 aliphatic rings. The molecule has 0 bridgehead atoms. The molecular formula is C18H28N2OS2. The van der Waals surface area contributed by atoms with Crippen LogP contribution in [-0.4, -0.2) is 16.7 Å². The van der Waals surface area contributed by atoms with Gasteiger partial charge in [-0.2, -0.15) is 0 Å². The maximum absolute atomic E-state index is 9.65. The van der Waals surface area contributed by atoms with Gasteiger partial charge >= 0.3 is 0 Å². The van der Waals surface area contributed by atoms with Crippen molar-refractivity contribution in [1.29, 1.82) is 0 Å². The lowest BCUT2D eigenvalue weighted by atomic mass is 9.73. The standard InChI is InChI=1S/C15H24O.C3H4N2S2/c1-11(2)15(12(3)4)14(10-16)13-8-6-5-7-9-13;4-7-3-5-1-2-6-3/h5-9,11-12,14-16H,10H2,1-4H3;1-2H,4H2. The molecule has 0 aliphatic carbocycles. The highest BCUT2D eigenvalue weighted by molar-refractivity contribution is 7.98. The molecule has 5 heteroatoms. The summed E-state index contributed by atoms with van der Waals surface area (Å²) < 4.78 is 0.917. The van der Waals surface area contributed by atoms with Crippen LogP contribution in [-0.2, 0) is 0 Å². The molecule has 0 aliphatic heterocycles. The lowest BCUT2D eigenvalue weighted by molar-refractivity contribution is 0.161. The van der Waals surface area contributed by atoms with E-state index in [1.54, 1.807) is 17.5 Å². The highest BCUT2D eigenvalue weighted by Crippen LogP contribution is 2.35. The largest absolute Gasteiger partial charge is 0.396 e. The number of aliphatic hydroxyl groups is 1. The van der Waals surface area contributed by atoms with Crippen LogP contribution in [0.1, 0.15) is 39.2 Å². The molecule has 1 aromatic heterocycles. The molecule has 1 aromatic carbocycles. The van der Waals surface area contributed by atoms with Crippen LogP contribution in [0.4, 0.5) is 0 Å². The molecule has 3 nitrogen and oxygen atoms in total. The van der Waals surface area contributed by atoms with Crippen molar-refractivity contribution in [1.82, 2.24) is 4.98 Å². The van der Waals surface area contributed by atoms with Crippen molar-refractivity contribution < 1.29 is 5.11 Å². The fourth-order valence-electron chi connectivity index (χ4n) is 3.12. The van der Waals surface area contributed by atoms with E-state index in [2.05, 4.69) is 56.9 Å². The molecule has 0 spiro atoms. The first kappa shape index (κ1) is 20.2. The Morgan fingerprint density at radius 2 is 1.74 bits per heavy atom. The Labute approximate surface area is 148 Å². The van der Waals surface area contributed by atoms with Crippen LogP contribution in [0.2, 0.25) is 0 Å². The molecule has 1 heterocycles. The van der Waals surface area contributed by atoms with Crippen molar-refractivity contribution in [3.05, 3.63) is 47.5 Å². The van der Waals surface area contributed by atoms with Gasteiger partial charge in [0.25, 0.3) is 0 Å². The Kier molecular flexibility index (Phi) is 9.48. The van der Waals surface area contributed by atoms with Gasteiger partial charge in [0.1, 0.15) is 0 Å². The van der Waals surface area contributed by atoms with E-state index in [4.69, 9.17) is 5.14 Å². The monoisotopic (exact) mass is 352 g/mol. The van der Waals surface area contributed by atoms with Gasteiger partial charge in [0.05, 0.1) is 6.61 Å². The van der Waals surface area contributed by atoms with Crippen molar-refractivity contribution in [2.24, 2.45) is 22.9 Å². The van der Waals surface area contributed by atoms with Crippen LogP contribution in [0.5, 0.6) is 0 Å². The molecule has 0 radical (unpaired) electrons. The summed E-state index contributed by atoms with van der Waals surface area (Å²) in [6.07, 6.45) is 1.74. The third kappa shape index (κ3) is 6.63. The van der Waals surface area contributed by atoms with Crippen molar-refractivity contribution in [3.63, 3.8) is 0 Å². The van der Waals surface area contributed by atoms with E-state index < -0.39 is 0 Å². The first-order valence-corrected chi connectivity index (χ1v) is 9.69.